The normalized spacial score (nSPS) is 29.3. The number of nitrogen functional groups attached to an aromatic ring is 1. The lowest BCUT2D eigenvalue weighted by atomic mass is 10.1. The minimum Gasteiger partial charge on any atom is -0.387 e. The second-order valence-electron chi connectivity index (χ2n) is 5.34. The van der Waals surface area contributed by atoms with E-state index >= 15 is 0 Å². The van der Waals surface area contributed by atoms with Crippen molar-refractivity contribution in [3.63, 3.8) is 0 Å². The average molecular weight is 484 g/mol. The number of anilines is 1. The summed E-state index contributed by atoms with van der Waals surface area (Å²) in [6.07, 6.45) is -5.79. The summed E-state index contributed by atoms with van der Waals surface area (Å²) in [6.45, 7) is -1.04. The van der Waals surface area contributed by atoms with Crippen LogP contribution in [0.25, 0.3) is 0 Å². The zero-order chi connectivity index (χ0) is 22.2. The molecule has 1 aromatic rings. The lowest BCUT2D eigenvalue weighted by Gasteiger charge is -2.19. The third-order valence-electron chi connectivity index (χ3n) is 3.17. The third-order valence-corrected chi connectivity index (χ3v) is 6.98. The molecular weight excluding hydrogens is 469 g/mol. The SMILES string of the molecule is Nc1ncn([C@@H]2O[C@H](COP(=O)(O)OP(=O)(O)OP(=O)(O)O)[C@@H](O)[C@@H]2O)c(=O)n1. The molecule has 1 aliphatic rings. The van der Waals surface area contributed by atoms with Gasteiger partial charge in [0.1, 0.15) is 24.6 Å². The molecule has 1 aromatic heterocycles. The fraction of sp³-hybridized carbons (Fsp3) is 0.625. The van der Waals surface area contributed by atoms with Crippen molar-refractivity contribution in [3.8, 4) is 0 Å². The molecular formula is C8H15N4O14P3. The molecule has 29 heavy (non-hydrogen) atoms. The zero-order valence-electron chi connectivity index (χ0n) is 13.8. The minimum absolute atomic E-state index is 0.372. The number of aromatic nitrogens is 3. The van der Waals surface area contributed by atoms with Crippen molar-refractivity contribution < 1.29 is 61.4 Å². The zero-order valence-corrected chi connectivity index (χ0v) is 16.5. The molecule has 1 aliphatic heterocycles. The molecule has 2 rings (SSSR count). The van der Waals surface area contributed by atoms with E-state index in [1.54, 1.807) is 0 Å². The fourth-order valence-corrected chi connectivity index (χ4v) is 5.13. The highest BCUT2D eigenvalue weighted by molar-refractivity contribution is 7.66. The van der Waals surface area contributed by atoms with E-state index in [1.165, 1.54) is 0 Å². The maximum absolute atomic E-state index is 11.8. The molecule has 18 nitrogen and oxygen atoms in total. The Morgan fingerprint density at radius 3 is 2.28 bits per heavy atom. The van der Waals surface area contributed by atoms with Crippen LogP contribution in [0, 0.1) is 0 Å². The minimum atomic E-state index is -5.72. The number of hydrogen-bond donors (Lipinski definition) is 7. The monoisotopic (exact) mass is 484 g/mol. The Kier molecular flexibility index (Phi) is 7.14. The van der Waals surface area contributed by atoms with Gasteiger partial charge in [0.25, 0.3) is 0 Å². The molecule has 8 N–H and O–H groups in total. The van der Waals surface area contributed by atoms with Gasteiger partial charge in [-0.1, -0.05) is 0 Å². The highest BCUT2D eigenvalue weighted by Gasteiger charge is 2.46. The average Bonchev–Trinajstić information content (AvgIpc) is 2.78. The standard InChI is InChI=1S/C8H15N4O14P3/c9-7-10-2-12(8(15)11-7)6-5(14)4(13)3(24-6)1-23-28(19,20)26-29(21,22)25-27(16,17)18/h2-6,13-14H,1H2,(H,19,20)(H,21,22)(H2,9,11,15)(H2,16,17,18)/t3-,4-,5+,6-/m1/s1. The van der Waals surface area contributed by atoms with Crippen molar-refractivity contribution >= 4 is 29.4 Å². The van der Waals surface area contributed by atoms with E-state index < -0.39 is 60.3 Å². The lowest BCUT2D eigenvalue weighted by molar-refractivity contribution is -0.0546. The van der Waals surface area contributed by atoms with Gasteiger partial charge in [-0.3, -0.25) is 9.09 Å². The molecule has 1 fully saturated rings. The first-order valence-corrected chi connectivity index (χ1v) is 11.6. The van der Waals surface area contributed by atoms with Crippen LogP contribution in [0.5, 0.6) is 0 Å². The van der Waals surface area contributed by atoms with E-state index in [0.717, 1.165) is 6.33 Å². The van der Waals surface area contributed by atoms with Crippen LogP contribution in [0.2, 0.25) is 0 Å². The van der Waals surface area contributed by atoms with Gasteiger partial charge in [-0.2, -0.15) is 13.6 Å². The number of aliphatic hydroxyl groups is 2. The Bertz CT molecular complexity index is 947. The molecule has 0 amide bonds. The van der Waals surface area contributed by atoms with E-state index in [0.29, 0.717) is 4.57 Å². The highest BCUT2D eigenvalue weighted by atomic mass is 31.3. The molecule has 1 saturated heterocycles. The Hall–Kier alpha value is -1.10. The molecule has 6 atom stereocenters. The Morgan fingerprint density at radius 1 is 1.10 bits per heavy atom. The van der Waals surface area contributed by atoms with Crippen LogP contribution in [-0.2, 0) is 31.6 Å². The van der Waals surface area contributed by atoms with Gasteiger partial charge in [0.05, 0.1) is 6.61 Å². The van der Waals surface area contributed by atoms with E-state index in [9.17, 15) is 33.6 Å². The molecule has 2 heterocycles. The maximum Gasteiger partial charge on any atom is 0.490 e. The topological polar surface area (TPSA) is 283 Å². The second-order valence-corrected chi connectivity index (χ2v) is 9.76. The largest absolute Gasteiger partial charge is 0.490 e. The fourth-order valence-electron chi connectivity index (χ4n) is 2.10. The van der Waals surface area contributed by atoms with Gasteiger partial charge in [0.15, 0.2) is 6.23 Å². The number of aliphatic hydroxyl groups excluding tert-OH is 2. The van der Waals surface area contributed by atoms with Crippen molar-refractivity contribution in [3.05, 3.63) is 16.8 Å². The quantitative estimate of drug-likeness (QED) is 0.183. The number of hydrogen-bond acceptors (Lipinski definition) is 13. The summed E-state index contributed by atoms with van der Waals surface area (Å²) in [5, 5.41) is 19.9. The molecule has 0 saturated carbocycles. The first kappa shape index (κ1) is 24.2. The van der Waals surface area contributed by atoms with Crippen LogP contribution < -0.4 is 11.4 Å². The molecule has 21 heteroatoms. The third kappa shape index (κ3) is 6.70. The summed E-state index contributed by atoms with van der Waals surface area (Å²) in [5.41, 5.74) is 4.22. The van der Waals surface area contributed by atoms with Crippen molar-refractivity contribution in [1.82, 2.24) is 14.5 Å². The maximum atomic E-state index is 11.8. The smallest absolute Gasteiger partial charge is 0.387 e. The molecule has 0 bridgehead atoms. The summed E-state index contributed by atoms with van der Waals surface area (Å²) < 4.78 is 50.6. The van der Waals surface area contributed by atoms with Crippen LogP contribution in [-0.4, -0.2) is 69.2 Å². The van der Waals surface area contributed by atoms with Crippen molar-refractivity contribution in [2.75, 3.05) is 12.3 Å². The number of nitrogens with zero attached hydrogens (tertiary/aromatic N) is 3. The summed E-state index contributed by atoms with van der Waals surface area (Å²) in [4.78, 5) is 53.8. The van der Waals surface area contributed by atoms with Gasteiger partial charge in [-0.05, 0) is 0 Å². The molecule has 2 unspecified atom stereocenters. The van der Waals surface area contributed by atoms with Gasteiger partial charge in [0.2, 0.25) is 5.95 Å². The van der Waals surface area contributed by atoms with Crippen LogP contribution in [0.3, 0.4) is 0 Å². The first-order chi connectivity index (χ1) is 13.1. The molecule has 166 valence electrons. The van der Waals surface area contributed by atoms with E-state index in [4.69, 9.17) is 25.2 Å². The molecule has 0 radical (unpaired) electrons. The van der Waals surface area contributed by atoms with Gasteiger partial charge >= 0.3 is 29.2 Å². The van der Waals surface area contributed by atoms with Gasteiger partial charge in [-0.25, -0.2) is 23.5 Å². The Balaban J connectivity index is 2.05. The number of nitrogens with two attached hydrogens (primary N) is 1. The lowest BCUT2D eigenvalue weighted by Crippen LogP contribution is -2.36. The first-order valence-electron chi connectivity index (χ1n) is 7.11. The van der Waals surface area contributed by atoms with Crippen LogP contribution in [0.1, 0.15) is 6.23 Å². The summed E-state index contributed by atoms with van der Waals surface area (Å²) in [6, 6.07) is 0. The van der Waals surface area contributed by atoms with Gasteiger partial charge < -0.3 is 40.3 Å². The Morgan fingerprint density at radius 2 is 1.72 bits per heavy atom. The number of phosphoric ester groups is 1. The molecule has 0 spiro atoms. The number of ether oxygens (including phenoxy) is 1. The van der Waals surface area contributed by atoms with Crippen LogP contribution >= 0.6 is 23.5 Å². The molecule has 0 aliphatic carbocycles. The van der Waals surface area contributed by atoms with E-state index in [-0.39, 0.29) is 5.95 Å². The van der Waals surface area contributed by atoms with E-state index in [1.807, 2.05) is 0 Å². The summed E-state index contributed by atoms with van der Waals surface area (Å²) in [7, 11) is -16.8. The van der Waals surface area contributed by atoms with Gasteiger partial charge in [-0.15, -0.1) is 0 Å². The van der Waals surface area contributed by atoms with Crippen molar-refractivity contribution in [1.29, 1.82) is 0 Å². The summed E-state index contributed by atoms with van der Waals surface area (Å²) in [5.74, 6) is -0.372. The second kappa shape index (κ2) is 8.56. The van der Waals surface area contributed by atoms with Gasteiger partial charge in [0, 0.05) is 0 Å². The predicted molar refractivity (Wildman–Crippen MR) is 86.4 cm³/mol. The van der Waals surface area contributed by atoms with Crippen LogP contribution in [0.15, 0.2) is 11.1 Å². The molecule has 0 aromatic carbocycles. The van der Waals surface area contributed by atoms with E-state index in [2.05, 4.69) is 23.1 Å². The number of rotatable bonds is 8. The highest BCUT2D eigenvalue weighted by Crippen LogP contribution is 2.66. The summed E-state index contributed by atoms with van der Waals surface area (Å²) >= 11 is 0. The number of phosphoric acid groups is 3. The van der Waals surface area contributed by atoms with Crippen molar-refractivity contribution in [2.45, 2.75) is 24.5 Å². The predicted octanol–water partition coefficient (Wildman–Crippen LogP) is -2.82. The van der Waals surface area contributed by atoms with Crippen molar-refractivity contribution in [2.24, 2.45) is 0 Å². The Labute approximate surface area is 159 Å². The van der Waals surface area contributed by atoms with Crippen LogP contribution in [0.4, 0.5) is 5.95 Å².